The van der Waals surface area contributed by atoms with E-state index in [0.29, 0.717) is 5.75 Å². The maximum Gasteiger partial charge on any atom is 0.0661 e. The Bertz CT molecular complexity index is 579. The minimum atomic E-state index is -2.60. The van der Waals surface area contributed by atoms with Crippen molar-refractivity contribution < 1.29 is 9.11 Å². The first-order chi connectivity index (χ1) is 8.63. The number of anilines is 1. The van der Waals surface area contributed by atoms with Gasteiger partial charge in [-0.3, -0.25) is 13.4 Å². The summed E-state index contributed by atoms with van der Waals surface area (Å²) in [5.41, 5.74) is 2.09. The monoisotopic (exact) mass is 266 g/mol. The number of benzene rings is 1. The summed E-state index contributed by atoms with van der Waals surface area (Å²) >= 11 is 0. The fourth-order valence-electron chi connectivity index (χ4n) is 2.64. The molecule has 1 aromatic carbocycles. The van der Waals surface area contributed by atoms with Gasteiger partial charge in [0.1, 0.15) is 0 Å². The second kappa shape index (κ2) is 4.19. The van der Waals surface area contributed by atoms with E-state index >= 15 is 0 Å². The number of aryl methyl sites for hydroxylation is 1. The number of nitrogens with zero attached hydrogens (tertiary/aromatic N) is 2. The topological polar surface area (TPSA) is 48.6 Å². The van der Waals surface area contributed by atoms with E-state index in [1.807, 2.05) is 12.1 Å². The van der Waals surface area contributed by atoms with Gasteiger partial charge in [-0.05, 0) is 31.5 Å². The molecule has 2 N–H and O–H groups in total. The van der Waals surface area contributed by atoms with Gasteiger partial charge in [-0.25, -0.2) is 0 Å². The Labute approximate surface area is 108 Å². The Morgan fingerprint density at radius 2 is 2.11 bits per heavy atom. The molecule has 1 aliphatic rings. The minimum Gasteiger partial charge on any atom is -0.348 e. The van der Waals surface area contributed by atoms with Gasteiger partial charge in [-0.1, -0.05) is 6.07 Å². The minimum absolute atomic E-state index is 0.484. The zero-order valence-corrected chi connectivity index (χ0v) is 11.2. The van der Waals surface area contributed by atoms with E-state index < -0.39 is 10.8 Å². The summed E-state index contributed by atoms with van der Waals surface area (Å²) in [6.45, 7) is 3.75. The number of rotatable bonds is 2. The summed E-state index contributed by atoms with van der Waals surface area (Å²) in [5, 5.41) is 1.10. The lowest BCUT2D eigenvalue weighted by molar-refractivity contribution is 0.492. The van der Waals surface area contributed by atoms with Gasteiger partial charge in [0.05, 0.1) is 17.0 Å². The molecule has 0 spiro atoms. The van der Waals surface area contributed by atoms with Crippen molar-refractivity contribution in [2.45, 2.75) is 19.9 Å². The van der Waals surface area contributed by atoms with Gasteiger partial charge in [-0.2, -0.15) is 0 Å². The lowest BCUT2D eigenvalue weighted by atomic mass is 10.2. The number of aromatic nitrogens is 1. The van der Waals surface area contributed by atoms with E-state index in [1.165, 1.54) is 0 Å². The second-order valence-electron chi connectivity index (χ2n) is 4.60. The number of hydrogen-bond acceptors (Lipinski definition) is 3. The lowest BCUT2D eigenvalue weighted by Crippen LogP contribution is -2.21. The molecule has 0 atom stereocenters. The van der Waals surface area contributed by atoms with Crippen molar-refractivity contribution >= 4 is 27.4 Å². The van der Waals surface area contributed by atoms with E-state index in [1.54, 1.807) is 4.31 Å². The first-order valence-electron chi connectivity index (χ1n) is 6.25. The third-order valence-corrected chi connectivity index (χ3v) is 5.45. The molecule has 0 saturated carbocycles. The molecule has 0 aliphatic carbocycles. The van der Waals surface area contributed by atoms with Crippen LogP contribution in [0.5, 0.6) is 0 Å². The highest BCUT2D eigenvalue weighted by Crippen LogP contribution is 2.52. The van der Waals surface area contributed by atoms with Crippen LogP contribution in [0.4, 0.5) is 5.69 Å². The largest absolute Gasteiger partial charge is 0.348 e. The van der Waals surface area contributed by atoms with Crippen LogP contribution in [0.3, 0.4) is 0 Å². The summed E-state index contributed by atoms with van der Waals surface area (Å²) in [5.74, 6) is 0.484. The molecule has 1 saturated heterocycles. The highest BCUT2D eigenvalue weighted by molar-refractivity contribution is 8.25. The van der Waals surface area contributed by atoms with E-state index in [0.717, 1.165) is 36.1 Å². The molecule has 2 heterocycles. The average molecular weight is 266 g/mol. The van der Waals surface area contributed by atoms with Gasteiger partial charge in [0.15, 0.2) is 0 Å². The van der Waals surface area contributed by atoms with E-state index in [9.17, 15) is 9.11 Å². The quantitative estimate of drug-likeness (QED) is 0.874. The van der Waals surface area contributed by atoms with E-state index in [4.69, 9.17) is 0 Å². The van der Waals surface area contributed by atoms with Crippen molar-refractivity contribution in [3.05, 3.63) is 30.5 Å². The van der Waals surface area contributed by atoms with E-state index in [-0.39, 0.29) is 0 Å². The first-order valence-corrected chi connectivity index (χ1v) is 7.92. The van der Waals surface area contributed by atoms with Crippen molar-refractivity contribution in [2.24, 2.45) is 0 Å². The van der Waals surface area contributed by atoms with Crippen LogP contribution in [0.1, 0.15) is 13.3 Å². The highest BCUT2D eigenvalue weighted by atomic mass is 32.3. The van der Waals surface area contributed by atoms with Crippen LogP contribution in [0, 0.1) is 0 Å². The molecule has 0 bridgehead atoms. The Morgan fingerprint density at radius 1 is 1.28 bits per heavy atom. The van der Waals surface area contributed by atoms with Crippen LogP contribution in [-0.4, -0.2) is 26.0 Å². The van der Waals surface area contributed by atoms with Gasteiger partial charge >= 0.3 is 0 Å². The Kier molecular flexibility index (Phi) is 2.77. The Balaban J connectivity index is 2.15. The molecule has 18 heavy (non-hydrogen) atoms. The predicted octanol–water partition coefficient (Wildman–Crippen LogP) is 3.54. The average Bonchev–Trinajstić information content (AvgIpc) is 2.91. The molecule has 1 aliphatic heterocycles. The smallest absolute Gasteiger partial charge is 0.0661 e. The first kappa shape index (κ1) is 11.9. The van der Waals surface area contributed by atoms with Crippen LogP contribution in [-0.2, 0) is 6.54 Å². The van der Waals surface area contributed by atoms with Crippen LogP contribution in [0.2, 0.25) is 0 Å². The molecule has 4 nitrogen and oxygen atoms in total. The fourth-order valence-corrected chi connectivity index (χ4v) is 4.27. The van der Waals surface area contributed by atoms with Gasteiger partial charge in [0, 0.05) is 24.7 Å². The molecular formula is C13H18N2O2S. The summed E-state index contributed by atoms with van der Waals surface area (Å²) in [6, 6.07) is 8.09. The van der Waals surface area contributed by atoms with Gasteiger partial charge in [0.25, 0.3) is 0 Å². The third kappa shape index (κ3) is 1.70. The van der Waals surface area contributed by atoms with Crippen molar-refractivity contribution in [1.82, 2.24) is 4.57 Å². The number of fused-ring (bicyclic) bond motifs is 1. The number of hydrogen-bond donors (Lipinski definition) is 2. The molecule has 5 heteroatoms. The summed E-state index contributed by atoms with van der Waals surface area (Å²) in [6.07, 6.45) is 2.89. The summed E-state index contributed by atoms with van der Waals surface area (Å²) in [4.78, 5) is 0. The molecule has 0 amide bonds. The molecule has 0 radical (unpaired) electrons. The van der Waals surface area contributed by atoms with Crippen molar-refractivity contribution in [3.8, 4) is 0 Å². The summed E-state index contributed by atoms with van der Waals surface area (Å²) < 4.78 is 24.1. The van der Waals surface area contributed by atoms with Crippen LogP contribution >= 0.6 is 10.8 Å². The molecule has 1 aromatic heterocycles. The van der Waals surface area contributed by atoms with Gasteiger partial charge < -0.3 is 4.57 Å². The molecular weight excluding hydrogens is 248 g/mol. The predicted molar refractivity (Wildman–Crippen MR) is 77.3 cm³/mol. The van der Waals surface area contributed by atoms with Gasteiger partial charge in [0.2, 0.25) is 0 Å². The summed E-state index contributed by atoms with van der Waals surface area (Å²) in [7, 11) is -2.60. The van der Waals surface area contributed by atoms with Crippen molar-refractivity contribution in [1.29, 1.82) is 0 Å². The molecule has 98 valence electrons. The van der Waals surface area contributed by atoms with Crippen molar-refractivity contribution in [2.75, 3.05) is 16.6 Å². The van der Waals surface area contributed by atoms with Crippen LogP contribution in [0.25, 0.3) is 10.9 Å². The highest BCUT2D eigenvalue weighted by Gasteiger charge is 2.30. The molecule has 0 unspecified atom stereocenters. The third-order valence-electron chi connectivity index (χ3n) is 3.53. The standard InChI is InChI=1S/C13H18N2O2S/c1-2-14-9-7-11-12(14)5-3-6-13(11)15-8-4-10-18(15,16)17/h3,5-7,9,16-17H,2,4,8,10H2,1H3. The molecule has 2 aromatic rings. The van der Waals surface area contributed by atoms with E-state index in [2.05, 4.69) is 29.8 Å². The maximum absolute atomic E-state index is 10.1. The zero-order valence-electron chi connectivity index (χ0n) is 10.4. The fraction of sp³-hybridized carbons (Fsp3) is 0.385. The normalized spacial score (nSPS) is 20.5. The Hall–Kier alpha value is -1.17. The van der Waals surface area contributed by atoms with Crippen molar-refractivity contribution in [3.63, 3.8) is 0 Å². The maximum atomic E-state index is 10.1. The SMILES string of the molecule is CCn1ccc2c(N3CCCS3(O)O)cccc21. The van der Waals surface area contributed by atoms with Gasteiger partial charge in [-0.15, -0.1) is 10.8 Å². The second-order valence-corrected chi connectivity index (χ2v) is 6.72. The van der Waals surface area contributed by atoms with Crippen LogP contribution in [0.15, 0.2) is 30.5 Å². The zero-order chi connectivity index (χ0) is 12.8. The Morgan fingerprint density at radius 3 is 2.78 bits per heavy atom. The molecule has 3 rings (SSSR count). The lowest BCUT2D eigenvalue weighted by Gasteiger charge is -2.38. The molecule has 1 fully saturated rings. The van der Waals surface area contributed by atoms with Crippen LogP contribution < -0.4 is 4.31 Å².